The minimum atomic E-state index is -0.601. The van der Waals surface area contributed by atoms with Gasteiger partial charge in [-0.15, -0.1) is 0 Å². The second-order valence-electron chi connectivity index (χ2n) is 4.89. The van der Waals surface area contributed by atoms with Gasteiger partial charge in [0.25, 0.3) is 0 Å². The maximum absolute atomic E-state index is 9.93. The average molecular weight is 336 g/mol. The van der Waals surface area contributed by atoms with Gasteiger partial charge in [0.15, 0.2) is 0 Å². The van der Waals surface area contributed by atoms with Gasteiger partial charge in [0, 0.05) is 25.8 Å². The van der Waals surface area contributed by atoms with Crippen LogP contribution in [0.2, 0.25) is 10.0 Å². The molecule has 2 N–H and O–H groups in total. The number of aliphatic hydroxyl groups is 1. The molecule has 0 aromatic heterocycles. The Hall–Kier alpha value is -0.520. The molecule has 21 heavy (non-hydrogen) atoms. The smallest absolute Gasteiger partial charge is 0.121 e. The van der Waals surface area contributed by atoms with Crippen molar-refractivity contribution in [1.82, 2.24) is 5.32 Å². The highest BCUT2D eigenvalue weighted by atomic mass is 35.5. The van der Waals surface area contributed by atoms with Crippen molar-refractivity contribution < 1.29 is 14.6 Å². The minimum absolute atomic E-state index is 0.191. The van der Waals surface area contributed by atoms with Crippen LogP contribution < -0.4 is 10.1 Å². The van der Waals surface area contributed by atoms with E-state index in [2.05, 4.69) is 12.2 Å². The van der Waals surface area contributed by atoms with Gasteiger partial charge in [0.2, 0.25) is 0 Å². The molecule has 0 fully saturated rings. The summed E-state index contributed by atoms with van der Waals surface area (Å²) in [6, 6.07) is 5.27. The van der Waals surface area contributed by atoms with Gasteiger partial charge in [0.05, 0.1) is 16.7 Å². The molecule has 2 unspecified atom stereocenters. The highest BCUT2D eigenvalue weighted by Gasteiger charge is 2.11. The normalized spacial score (nSPS) is 14.0. The number of ether oxygens (including phenoxy) is 2. The van der Waals surface area contributed by atoms with E-state index in [1.165, 1.54) is 0 Å². The lowest BCUT2D eigenvalue weighted by Gasteiger charge is -2.20. The summed E-state index contributed by atoms with van der Waals surface area (Å²) in [5, 5.41) is 14.1. The van der Waals surface area contributed by atoms with Gasteiger partial charge in [0.1, 0.15) is 18.5 Å². The lowest BCUT2D eigenvalue weighted by atomic mass is 10.2. The Labute approximate surface area is 136 Å². The molecule has 0 amide bonds. The summed E-state index contributed by atoms with van der Waals surface area (Å²) in [6.45, 7) is 3.40. The molecule has 0 aliphatic heterocycles. The number of halogens is 2. The van der Waals surface area contributed by atoms with Crippen LogP contribution in [0.4, 0.5) is 0 Å². The molecule has 1 rings (SSSR count). The molecule has 0 aliphatic carbocycles. The zero-order valence-corrected chi connectivity index (χ0v) is 14.0. The van der Waals surface area contributed by atoms with Crippen molar-refractivity contribution in [3.05, 3.63) is 28.2 Å². The van der Waals surface area contributed by atoms with Gasteiger partial charge in [-0.3, -0.25) is 0 Å². The molecule has 1 aromatic carbocycles. The van der Waals surface area contributed by atoms with Crippen LogP contribution in [-0.4, -0.2) is 44.1 Å². The van der Waals surface area contributed by atoms with Crippen LogP contribution in [-0.2, 0) is 4.74 Å². The van der Waals surface area contributed by atoms with E-state index >= 15 is 0 Å². The van der Waals surface area contributed by atoms with Crippen LogP contribution in [0.5, 0.6) is 5.75 Å². The summed E-state index contributed by atoms with van der Waals surface area (Å²) in [5.74, 6) is 0.588. The second-order valence-corrected chi connectivity index (χ2v) is 5.70. The Balaban J connectivity index is 2.32. The molecule has 2 atom stereocenters. The highest BCUT2D eigenvalue weighted by molar-refractivity contribution is 6.42. The van der Waals surface area contributed by atoms with Crippen molar-refractivity contribution in [2.45, 2.75) is 31.9 Å². The van der Waals surface area contributed by atoms with E-state index in [-0.39, 0.29) is 12.6 Å². The van der Waals surface area contributed by atoms with Crippen molar-refractivity contribution in [1.29, 1.82) is 0 Å². The Morgan fingerprint density at radius 1 is 1.24 bits per heavy atom. The van der Waals surface area contributed by atoms with Crippen LogP contribution in [0, 0.1) is 0 Å². The van der Waals surface area contributed by atoms with E-state index < -0.39 is 6.10 Å². The molecule has 120 valence electrons. The van der Waals surface area contributed by atoms with Crippen molar-refractivity contribution in [3.63, 3.8) is 0 Å². The third-order valence-corrected chi connectivity index (χ3v) is 3.72. The zero-order valence-electron chi connectivity index (χ0n) is 12.4. The van der Waals surface area contributed by atoms with Crippen molar-refractivity contribution >= 4 is 23.2 Å². The highest BCUT2D eigenvalue weighted by Crippen LogP contribution is 2.26. The first kappa shape index (κ1) is 18.5. The molecular formula is C15H23Cl2NO3. The quantitative estimate of drug-likeness (QED) is 0.689. The Morgan fingerprint density at radius 3 is 2.62 bits per heavy atom. The number of nitrogens with one attached hydrogen (secondary N) is 1. The van der Waals surface area contributed by atoms with Gasteiger partial charge in [-0.1, -0.05) is 36.5 Å². The number of methoxy groups -OCH3 is 1. The Bertz CT molecular complexity index is 412. The van der Waals surface area contributed by atoms with E-state index in [0.717, 1.165) is 12.8 Å². The fourth-order valence-corrected chi connectivity index (χ4v) is 2.20. The molecule has 0 heterocycles. The standard InChI is InChI=1S/C15H23Cl2NO3/c1-3-4-11(9-20-2)18-8-12(19)10-21-13-5-6-14(16)15(17)7-13/h5-7,11-12,18-19H,3-4,8-10H2,1-2H3. The summed E-state index contributed by atoms with van der Waals surface area (Å²) in [6.07, 6.45) is 1.47. The first-order chi connectivity index (χ1) is 10.1. The average Bonchev–Trinajstić information content (AvgIpc) is 2.46. The zero-order chi connectivity index (χ0) is 15.7. The fourth-order valence-electron chi connectivity index (χ4n) is 1.91. The SMILES string of the molecule is CCCC(COC)NCC(O)COc1ccc(Cl)c(Cl)c1. The van der Waals surface area contributed by atoms with Crippen LogP contribution in [0.3, 0.4) is 0 Å². The van der Waals surface area contributed by atoms with Crippen LogP contribution in [0.15, 0.2) is 18.2 Å². The summed E-state index contributed by atoms with van der Waals surface area (Å²) < 4.78 is 10.6. The summed E-state index contributed by atoms with van der Waals surface area (Å²) in [4.78, 5) is 0. The predicted molar refractivity (Wildman–Crippen MR) is 86.5 cm³/mol. The largest absolute Gasteiger partial charge is 0.491 e. The lowest BCUT2D eigenvalue weighted by molar-refractivity contribution is 0.0947. The van der Waals surface area contributed by atoms with Crippen LogP contribution >= 0.6 is 23.2 Å². The Kier molecular flexibility index (Phi) is 9.04. The van der Waals surface area contributed by atoms with Crippen molar-refractivity contribution in [2.24, 2.45) is 0 Å². The molecule has 0 spiro atoms. The topological polar surface area (TPSA) is 50.7 Å². The molecular weight excluding hydrogens is 313 g/mol. The third kappa shape index (κ3) is 7.34. The van der Waals surface area contributed by atoms with Crippen molar-refractivity contribution in [2.75, 3.05) is 26.9 Å². The minimum Gasteiger partial charge on any atom is -0.491 e. The monoisotopic (exact) mass is 335 g/mol. The number of rotatable bonds is 10. The lowest BCUT2D eigenvalue weighted by Crippen LogP contribution is -2.40. The molecule has 4 nitrogen and oxygen atoms in total. The van der Waals surface area contributed by atoms with Gasteiger partial charge < -0.3 is 19.9 Å². The van der Waals surface area contributed by atoms with E-state index in [4.69, 9.17) is 32.7 Å². The van der Waals surface area contributed by atoms with E-state index in [9.17, 15) is 5.11 Å². The molecule has 0 radical (unpaired) electrons. The molecule has 1 aromatic rings. The first-order valence-corrected chi connectivity index (χ1v) is 7.80. The van der Waals surface area contributed by atoms with Crippen LogP contribution in [0.25, 0.3) is 0 Å². The molecule has 0 saturated heterocycles. The van der Waals surface area contributed by atoms with E-state index in [0.29, 0.717) is 28.9 Å². The van der Waals surface area contributed by atoms with E-state index in [1.807, 2.05) is 0 Å². The summed E-state index contributed by atoms with van der Waals surface area (Å²) >= 11 is 11.7. The van der Waals surface area contributed by atoms with Crippen molar-refractivity contribution in [3.8, 4) is 5.75 Å². The molecule has 6 heteroatoms. The Morgan fingerprint density at radius 2 is 2.00 bits per heavy atom. The number of hydrogen-bond donors (Lipinski definition) is 2. The molecule has 0 aliphatic rings. The molecule has 0 saturated carbocycles. The predicted octanol–water partition coefficient (Wildman–Crippen LogP) is 3.14. The van der Waals surface area contributed by atoms with Gasteiger partial charge in [-0.25, -0.2) is 0 Å². The third-order valence-electron chi connectivity index (χ3n) is 2.98. The van der Waals surface area contributed by atoms with E-state index in [1.54, 1.807) is 25.3 Å². The maximum Gasteiger partial charge on any atom is 0.121 e. The van der Waals surface area contributed by atoms with Gasteiger partial charge in [-0.2, -0.15) is 0 Å². The summed E-state index contributed by atoms with van der Waals surface area (Å²) in [5.41, 5.74) is 0. The first-order valence-electron chi connectivity index (χ1n) is 7.05. The number of hydrogen-bond acceptors (Lipinski definition) is 4. The molecule has 0 bridgehead atoms. The second kappa shape index (κ2) is 10.2. The van der Waals surface area contributed by atoms with Crippen LogP contribution in [0.1, 0.15) is 19.8 Å². The fraction of sp³-hybridized carbons (Fsp3) is 0.600. The maximum atomic E-state index is 9.93. The summed E-state index contributed by atoms with van der Waals surface area (Å²) in [7, 11) is 1.67. The number of aliphatic hydroxyl groups excluding tert-OH is 1. The number of benzene rings is 1. The van der Waals surface area contributed by atoms with Gasteiger partial charge in [-0.05, 0) is 18.6 Å². The van der Waals surface area contributed by atoms with Gasteiger partial charge >= 0.3 is 0 Å².